The molecule has 1 aromatic carbocycles. The van der Waals surface area contributed by atoms with Gasteiger partial charge < -0.3 is 19.7 Å². The number of carboxylic acids is 1. The van der Waals surface area contributed by atoms with E-state index in [-0.39, 0.29) is 23.9 Å². The number of aromatic nitrogens is 2. The monoisotopic (exact) mass is 495 g/mol. The molecule has 1 aromatic heterocycles. The lowest BCUT2D eigenvalue weighted by molar-refractivity contribution is -0.124. The van der Waals surface area contributed by atoms with Crippen molar-refractivity contribution in [3.63, 3.8) is 0 Å². The van der Waals surface area contributed by atoms with Crippen molar-refractivity contribution >= 4 is 36.1 Å². The highest BCUT2D eigenvalue weighted by Crippen LogP contribution is 2.25. The highest BCUT2D eigenvalue weighted by molar-refractivity contribution is 7.80. The standard InChI is InChI=1S/C24H34ClN3O4S/c1-5-6-7-21-27-22(25)19(12-26-23(29)17(14-33)10-15(2)3)28(21)13-16-8-9-18(24(30)31)20(11-16)32-4/h8-9,11,15,17,33H,5-7,10,12-14H2,1-4H3,(H,26,29)(H,30,31). The number of imidazole rings is 1. The Labute approximate surface area is 206 Å². The number of nitrogens with one attached hydrogen (secondary N) is 1. The van der Waals surface area contributed by atoms with Crippen LogP contribution in [0.15, 0.2) is 18.2 Å². The molecule has 0 fully saturated rings. The molecule has 0 saturated heterocycles. The fourth-order valence-corrected chi connectivity index (χ4v) is 4.31. The van der Waals surface area contributed by atoms with Crippen molar-refractivity contribution in [2.24, 2.45) is 11.8 Å². The second-order valence-corrected chi connectivity index (χ2v) is 9.25. The molecule has 0 radical (unpaired) electrons. The zero-order valence-electron chi connectivity index (χ0n) is 19.7. The number of rotatable bonds is 13. The fraction of sp³-hybridized carbons (Fsp3) is 0.542. The Morgan fingerprint density at radius 3 is 2.64 bits per heavy atom. The van der Waals surface area contributed by atoms with Crippen molar-refractivity contribution in [3.05, 3.63) is 46.0 Å². The van der Waals surface area contributed by atoms with Crippen LogP contribution in [-0.2, 0) is 24.3 Å². The van der Waals surface area contributed by atoms with E-state index in [0.717, 1.165) is 42.8 Å². The van der Waals surface area contributed by atoms with Crippen LogP contribution < -0.4 is 10.1 Å². The molecule has 9 heteroatoms. The summed E-state index contributed by atoms with van der Waals surface area (Å²) < 4.78 is 7.27. The number of halogens is 1. The zero-order chi connectivity index (χ0) is 24.5. The number of unbranched alkanes of at least 4 members (excludes halogenated alkanes) is 1. The van der Waals surface area contributed by atoms with Gasteiger partial charge in [-0.3, -0.25) is 4.79 Å². The average molecular weight is 496 g/mol. The van der Waals surface area contributed by atoms with Crippen LogP contribution in [0.1, 0.15) is 67.5 Å². The number of carbonyl (C=O) groups excluding carboxylic acids is 1. The summed E-state index contributed by atoms with van der Waals surface area (Å²) in [6.45, 7) is 6.96. The number of thiol groups is 1. The van der Waals surface area contributed by atoms with Gasteiger partial charge in [0.05, 0.1) is 19.3 Å². The maximum Gasteiger partial charge on any atom is 0.339 e. The number of nitrogens with zero attached hydrogens (tertiary/aromatic N) is 2. The van der Waals surface area contributed by atoms with Gasteiger partial charge in [-0.25, -0.2) is 9.78 Å². The third kappa shape index (κ3) is 7.40. The van der Waals surface area contributed by atoms with Crippen LogP contribution in [0.3, 0.4) is 0 Å². The second-order valence-electron chi connectivity index (χ2n) is 8.52. The van der Waals surface area contributed by atoms with Crippen molar-refractivity contribution in [3.8, 4) is 5.75 Å². The van der Waals surface area contributed by atoms with E-state index in [1.807, 2.05) is 4.57 Å². The molecule has 1 amide bonds. The summed E-state index contributed by atoms with van der Waals surface area (Å²) in [6, 6.07) is 5.00. The van der Waals surface area contributed by atoms with Gasteiger partial charge in [0.1, 0.15) is 17.1 Å². The Morgan fingerprint density at radius 2 is 2.06 bits per heavy atom. The molecule has 1 unspecified atom stereocenters. The predicted octanol–water partition coefficient (Wildman–Crippen LogP) is 4.84. The maximum atomic E-state index is 12.7. The van der Waals surface area contributed by atoms with Crippen molar-refractivity contribution < 1.29 is 19.4 Å². The average Bonchev–Trinajstić information content (AvgIpc) is 3.07. The first kappa shape index (κ1) is 27.1. The van der Waals surface area contributed by atoms with Gasteiger partial charge in [-0.05, 0) is 36.5 Å². The fourth-order valence-electron chi connectivity index (χ4n) is 3.73. The van der Waals surface area contributed by atoms with Crippen LogP contribution in [0.5, 0.6) is 5.75 Å². The third-order valence-electron chi connectivity index (χ3n) is 5.47. The lowest BCUT2D eigenvalue weighted by atomic mass is 9.98. The molecule has 2 N–H and O–H groups in total. The third-order valence-corrected chi connectivity index (χ3v) is 6.21. The largest absolute Gasteiger partial charge is 0.496 e. The molecule has 2 aromatic rings. The van der Waals surface area contributed by atoms with Gasteiger partial charge in [-0.1, -0.05) is 44.9 Å². The van der Waals surface area contributed by atoms with E-state index in [4.69, 9.17) is 16.3 Å². The number of ether oxygens (including phenoxy) is 1. The van der Waals surface area contributed by atoms with Gasteiger partial charge in [0.2, 0.25) is 5.91 Å². The molecule has 0 aliphatic rings. The highest BCUT2D eigenvalue weighted by atomic mass is 35.5. The number of carbonyl (C=O) groups is 2. The Bertz CT molecular complexity index is 961. The van der Waals surface area contributed by atoms with E-state index < -0.39 is 5.97 Å². The SMILES string of the molecule is CCCCc1nc(Cl)c(CNC(=O)C(CS)CC(C)C)n1Cc1ccc(C(=O)O)c(OC)c1. The molecule has 0 spiro atoms. The topological polar surface area (TPSA) is 93.5 Å². The lowest BCUT2D eigenvalue weighted by Gasteiger charge is -2.18. The van der Waals surface area contributed by atoms with Crippen LogP contribution >= 0.6 is 24.2 Å². The van der Waals surface area contributed by atoms with E-state index >= 15 is 0 Å². The molecular formula is C24H34ClN3O4S. The van der Waals surface area contributed by atoms with Crippen LogP contribution in [0.25, 0.3) is 0 Å². The minimum absolute atomic E-state index is 0.0508. The van der Waals surface area contributed by atoms with Crippen LogP contribution in [-0.4, -0.2) is 39.4 Å². The molecule has 0 aliphatic heterocycles. The van der Waals surface area contributed by atoms with Gasteiger partial charge >= 0.3 is 5.97 Å². The van der Waals surface area contributed by atoms with Crippen LogP contribution in [0.4, 0.5) is 0 Å². The number of benzene rings is 1. The van der Waals surface area contributed by atoms with Gasteiger partial charge in [-0.2, -0.15) is 12.6 Å². The van der Waals surface area contributed by atoms with E-state index in [1.165, 1.54) is 13.2 Å². The van der Waals surface area contributed by atoms with Gasteiger partial charge in [0.15, 0.2) is 5.15 Å². The maximum absolute atomic E-state index is 12.7. The number of aryl methyl sites for hydroxylation is 1. The van der Waals surface area contributed by atoms with Crippen LogP contribution in [0, 0.1) is 11.8 Å². The van der Waals surface area contributed by atoms with E-state index in [2.05, 4.69) is 43.7 Å². The molecule has 7 nitrogen and oxygen atoms in total. The molecule has 1 atom stereocenters. The summed E-state index contributed by atoms with van der Waals surface area (Å²) >= 11 is 10.8. The molecule has 2 rings (SSSR count). The highest BCUT2D eigenvalue weighted by Gasteiger charge is 2.21. The van der Waals surface area contributed by atoms with Crippen molar-refractivity contribution in [2.75, 3.05) is 12.9 Å². The van der Waals surface area contributed by atoms with Crippen LogP contribution in [0.2, 0.25) is 5.15 Å². The second kappa shape index (κ2) is 12.9. The number of carboxylic acid groups (broad SMARTS) is 1. The first-order valence-electron chi connectivity index (χ1n) is 11.2. The molecule has 33 heavy (non-hydrogen) atoms. The summed E-state index contributed by atoms with van der Waals surface area (Å²) in [5.41, 5.74) is 1.68. The Balaban J connectivity index is 2.32. The normalized spacial score (nSPS) is 12.1. The Kier molecular flexibility index (Phi) is 10.6. The lowest BCUT2D eigenvalue weighted by Crippen LogP contribution is -2.33. The summed E-state index contributed by atoms with van der Waals surface area (Å²) in [6.07, 6.45) is 3.48. The molecule has 0 bridgehead atoms. The predicted molar refractivity (Wildman–Crippen MR) is 134 cm³/mol. The smallest absolute Gasteiger partial charge is 0.339 e. The Morgan fingerprint density at radius 1 is 1.33 bits per heavy atom. The van der Waals surface area contributed by atoms with Gasteiger partial charge in [-0.15, -0.1) is 0 Å². The summed E-state index contributed by atoms with van der Waals surface area (Å²) in [5.74, 6) is 0.736. The number of hydrogen-bond acceptors (Lipinski definition) is 5. The molecule has 0 saturated carbocycles. The number of aromatic carboxylic acids is 1. The van der Waals surface area contributed by atoms with E-state index in [9.17, 15) is 14.7 Å². The molecule has 0 aliphatic carbocycles. The number of amides is 1. The first-order valence-corrected chi connectivity index (χ1v) is 12.2. The van der Waals surface area contributed by atoms with E-state index in [1.54, 1.807) is 12.1 Å². The molecule has 182 valence electrons. The van der Waals surface area contributed by atoms with E-state index in [0.29, 0.717) is 29.1 Å². The first-order chi connectivity index (χ1) is 15.7. The molecular weight excluding hydrogens is 462 g/mol. The Hall–Kier alpha value is -2.19. The summed E-state index contributed by atoms with van der Waals surface area (Å²) in [7, 11) is 1.45. The summed E-state index contributed by atoms with van der Waals surface area (Å²) in [4.78, 5) is 28.7. The minimum atomic E-state index is -1.05. The quantitative estimate of drug-likeness (QED) is 0.346. The van der Waals surface area contributed by atoms with Crippen molar-refractivity contribution in [2.45, 2.75) is 59.5 Å². The van der Waals surface area contributed by atoms with Gasteiger partial charge in [0, 0.05) is 24.6 Å². The van der Waals surface area contributed by atoms with Gasteiger partial charge in [0.25, 0.3) is 0 Å². The molecule has 1 heterocycles. The number of methoxy groups -OCH3 is 1. The zero-order valence-corrected chi connectivity index (χ0v) is 21.4. The summed E-state index contributed by atoms with van der Waals surface area (Å²) in [5, 5.41) is 12.7. The van der Waals surface area contributed by atoms with Crippen molar-refractivity contribution in [1.82, 2.24) is 14.9 Å². The minimum Gasteiger partial charge on any atom is -0.496 e. The van der Waals surface area contributed by atoms with Crippen molar-refractivity contribution in [1.29, 1.82) is 0 Å². The number of hydrogen-bond donors (Lipinski definition) is 3.